The van der Waals surface area contributed by atoms with Crippen LogP contribution < -0.4 is 4.74 Å². The van der Waals surface area contributed by atoms with E-state index in [1.54, 1.807) is 6.07 Å². The van der Waals surface area contributed by atoms with Gasteiger partial charge in [-0.2, -0.15) is 0 Å². The molecule has 1 aromatic carbocycles. The summed E-state index contributed by atoms with van der Waals surface area (Å²) >= 11 is 6.02. The number of ether oxygens (including phenoxy) is 3. The van der Waals surface area contributed by atoms with E-state index in [9.17, 15) is 4.79 Å². The number of benzene rings is 1. The van der Waals surface area contributed by atoms with Crippen LogP contribution in [0.25, 0.3) is 0 Å². The number of carbonyl (C=O) groups excluding carboxylic acids is 1. The van der Waals surface area contributed by atoms with Gasteiger partial charge in [0.15, 0.2) is 12.4 Å². The molecule has 0 bridgehead atoms. The number of carbonyl (C=O) groups is 1. The van der Waals surface area contributed by atoms with Gasteiger partial charge in [-0.3, -0.25) is 4.79 Å². The molecule has 0 saturated carbocycles. The number of hydrogen-bond donors (Lipinski definition) is 0. The second-order valence-corrected chi connectivity index (χ2v) is 6.70. The zero-order valence-corrected chi connectivity index (χ0v) is 13.6. The van der Waals surface area contributed by atoms with Gasteiger partial charge < -0.3 is 19.1 Å². The fourth-order valence-electron chi connectivity index (χ4n) is 3.65. The number of nitrogens with zero attached hydrogens (tertiary/aromatic N) is 1. The van der Waals surface area contributed by atoms with Gasteiger partial charge in [0.25, 0.3) is 5.91 Å². The molecule has 0 radical (unpaired) electrons. The Morgan fingerprint density at radius 3 is 2.87 bits per heavy atom. The van der Waals surface area contributed by atoms with Gasteiger partial charge in [-0.15, -0.1) is 0 Å². The minimum Gasteiger partial charge on any atom is -0.480 e. The largest absolute Gasteiger partial charge is 0.480 e. The lowest BCUT2D eigenvalue weighted by molar-refractivity contribution is -0.156. The highest BCUT2D eigenvalue weighted by molar-refractivity contribution is 6.30. The molecule has 1 aromatic rings. The molecule has 2 saturated heterocycles. The molecule has 0 aromatic heterocycles. The van der Waals surface area contributed by atoms with Gasteiger partial charge in [0.05, 0.1) is 19.3 Å². The van der Waals surface area contributed by atoms with Crippen molar-refractivity contribution in [2.24, 2.45) is 0 Å². The molecule has 2 fully saturated rings. The van der Waals surface area contributed by atoms with Crippen LogP contribution >= 0.6 is 11.6 Å². The molecule has 0 N–H and O–H groups in total. The van der Waals surface area contributed by atoms with Crippen LogP contribution in [0.3, 0.4) is 0 Å². The quantitative estimate of drug-likeness (QED) is 0.831. The Morgan fingerprint density at radius 1 is 1.22 bits per heavy atom. The lowest BCUT2D eigenvalue weighted by Gasteiger charge is -2.38. The first-order chi connectivity index (χ1) is 11.2. The minimum absolute atomic E-state index is 0.00495. The predicted octanol–water partition coefficient (Wildman–Crippen LogP) is 2.40. The molecule has 2 unspecified atom stereocenters. The molecule has 1 amide bonds. The van der Waals surface area contributed by atoms with Crippen molar-refractivity contribution in [3.8, 4) is 5.75 Å². The minimum atomic E-state index is -0.467. The van der Waals surface area contributed by atoms with Crippen LogP contribution in [0, 0.1) is 0 Å². The van der Waals surface area contributed by atoms with Crippen LogP contribution in [0.15, 0.2) is 18.2 Å². The SMILES string of the molecule is O=C(C1Cc2cc(Cl)ccc2O1)N1CCCCC1C1OCCO1. The molecular formula is C17H20ClNO4. The Morgan fingerprint density at radius 2 is 2.04 bits per heavy atom. The van der Waals surface area contributed by atoms with Crippen molar-refractivity contribution in [2.45, 2.75) is 44.1 Å². The number of amides is 1. The van der Waals surface area contributed by atoms with Gasteiger partial charge in [0, 0.05) is 18.0 Å². The lowest BCUT2D eigenvalue weighted by Crippen LogP contribution is -2.54. The number of hydrogen-bond acceptors (Lipinski definition) is 4. The second-order valence-electron chi connectivity index (χ2n) is 6.27. The lowest BCUT2D eigenvalue weighted by atomic mass is 10.00. The molecule has 0 spiro atoms. The molecule has 0 aliphatic carbocycles. The average Bonchev–Trinajstić information content (AvgIpc) is 3.23. The predicted molar refractivity (Wildman–Crippen MR) is 84.6 cm³/mol. The van der Waals surface area contributed by atoms with Gasteiger partial charge in [-0.1, -0.05) is 11.6 Å². The summed E-state index contributed by atoms with van der Waals surface area (Å²) in [5, 5.41) is 0.670. The van der Waals surface area contributed by atoms with Crippen molar-refractivity contribution in [3.63, 3.8) is 0 Å². The van der Waals surface area contributed by atoms with Crippen LogP contribution in [0.5, 0.6) is 5.75 Å². The monoisotopic (exact) mass is 337 g/mol. The van der Waals surface area contributed by atoms with E-state index in [0.717, 1.165) is 37.1 Å². The first-order valence-electron chi connectivity index (χ1n) is 8.21. The molecule has 124 valence electrons. The highest BCUT2D eigenvalue weighted by Gasteiger charge is 2.40. The molecule has 4 rings (SSSR count). The summed E-state index contributed by atoms with van der Waals surface area (Å²) in [4.78, 5) is 14.9. The van der Waals surface area contributed by atoms with Crippen molar-refractivity contribution in [3.05, 3.63) is 28.8 Å². The second kappa shape index (κ2) is 6.30. The van der Waals surface area contributed by atoms with Gasteiger partial charge >= 0.3 is 0 Å². The Hall–Kier alpha value is -1.30. The van der Waals surface area contributed by atoms with Crippen molar-refractivity contribution < 1.29 is 19.0 Å². The first-order valence-corrected chi connectivity index (χ1v) is 8.59. The smallest absolute Gasteiger partial charge is 0.264 e. The summed E-state index contributed by atoms with van der Waals surface area (Å²) in [6.07, 6.45) is 2.84. The van der Waals surface area contributed by atoms with Crippen molar-refractivity contribution in [2.75, 3.05) is 19.8 Å². The third-order valence-corrected chi connectivity index (χ3v) is 5.00. The Bertz CT molecular complexity index is 602. The molecule has 23 heavy (non-hydrogen) atoms. The number of likely N-dealkylation sites (tertiary alicyclic amines) is 1. The summed E-state index contributed by atoms with van der Waals surface area (Å²) in [6.45, 7) is 1.95. The summed E-state index contributed by atoms with van der Waals surface area (Å²) in [6, 6.07) is 5.50. The summed E-state index contributed by atoms with van der Waals surface area (Å²) in [5.74, 6) is 0.788. The van der Waals surface area contributed by atoms with Gasteiger partial charge in [0.2, 0.25) is 0 Å². The third-order valence-electron chi connectivity index (χ3n) is 4.77. The van der Waals surface area contributed by atoms with Crippen LogP contribution in [-0.4, -0.2) is 49.0 Å². The van der Waals surface area contributed by atoms with E-state index in [0.29, 0.717) is 24.7 Å². The van der Waals surface area contributed by atoms with Crippen molar-refractivity contribution in [1.29, 1.82) is 0 Å². The Labute approximate surface area is 140 Å². The molecule has 3 aliphatic rings. The molecule has 2 atom stereocenters. The molecule has 3 heterocycles. The van der Waals surface area contributed by atoms with Crippen molar-refractivity contribution in [1.82, 2.24) is 4.90 Å². The van der Waals surface area contributed by atoms with E-state index in [-0.39, 0.29) is 18.2 Å². The van der Waals surface area contributed by atoms with E-state index in [4.69, 9.17) is 25.8 Å². The van der Waals surface area contributed by atoms with Gasteiger partial charge in [-0.25, -0.2) is 0 Å². The van der Waals surface area contributed by atoms with Crippen LogP contribution in [-0.2, 0) is 20.7 Å². The zero-order chi connectivity index (χ0) is 15.8. The van der Waals surface area contributed by atoms with E-state index in [1.807, 2.05) is 17.0 Å². The van der Waals surface area contributed by atoms with E-state index in [2.05, 4.69) is 0 Å². The van der Waals surface area contributed by atoms with E-state index in [1.165, 1.54) is 0 Å². The highest BCUT2D eigenvalue weighted by Crippen LogP contribution is 2.33. The van der Waals surface area contributed by atoms with Crippen LogP contribution in [0.4, 0.5) is 0 Å². The number of rotatable bonds is 2. The maximum Gasteiger partial charge on any atom is 0.264 e. The fourth-order valence-corrected chi connectivity index (χ4v) is 3.85. The zero-order valence-electron chi connectivity index (χ0n) is 12.9. The number of halogens is 1. The maximum atomic E-state index is 13.0. The molecule has 3 aliphatic heterocycles. The third kappa shape index (κ3) is 2.93. The highest BCUT2D eigenvalue weighted by atomic mass is 35.5. The van der Waals surface area contributed by atoms with Crippen LogP contribution in [0.2, 0.25) is 5.02 Å². The van der Waals surface area contributed by atoms with E-state index < -0.39 is 6.10 Å². The molecular weight excluding hydrogens is 318 g/mol. The van der Waals surface area contributed by atoms with E-state index >= 15 is 0 Å². The average molecular weight is 338 g/mol. The van der Waals surface area contributed by atoms with Gasteiger partial charge in [0.1, 0.15) is 5.75 Å². The topological polar surface area (TPSA) is 48.0 Å². The Kier molecular flexibility index (Phi) is 4.18. The fraction of sp³-hybridized carbons (Fsp3) is 0.588. The summed E-state index contributed by atoms with van der Waals surface area (Å²) in [7, 11) is 0. The summed E-state index contributed by atoms with van der Waals surface area (Å²) in [5.41, 5.74) is 0.998. The number of fused-ring (bicyclic) bond motifs is 1. The van der Waals surface area contributed by atoms with Crippen molar-refractivity contribution >= 4 is 17.5 Å². The molecule has 6 heteroatoms. The maximum absolute atomic E-state index is 13.0. The normalized spacial score (nSPS) is 27.8. The van der Waals surface area contributed by atoms with Gasteiger partial charge in [-0.05, 0) is 43.0 Å². The number of piperidine rings is 1. The Balaban J connectivity index is 1.49. The van der Waals surface area contributed by atoms with Crippen LogP contribution in [0.1, 0.15) is 24.8 Å². The first kappa shape index (κ1) is 15.2. The summed E-state index contributed by atoms with van der Waals surface area (Å²) < 4.78 is 17.1. The standard InChI is InChI=1S/C17H20ClNO4/c18-12-4-5-14-11(9-12)10-15(23-14)16(20)19-6-2-1-3-13(19)17-21-7-8-22-17/h4-5,9,13,15,17H,1-3,6-8,10H2. The molecule has 5 nitrogen and oxygen atoms in total.